The standard InChI is InChI=1S/2C18H13F3N2O5/c2*19-18(20,21)17(26,16(24)25)14-10-22(9-11-4-2-1-3-5-11)15-8-12(23(27)28)6-7-13(14)15/h2*1-8,10,26H,9H2,(H,24,25). The van der Waals surface area contributed by atoms with Crippen molar-refractivity contribution in [3.05, 3.63) is 152 Å². The zero-order valence-electron chi connectivity index (χ0n) is 28.1. The van der Waals surface area contributed by atoms with Crippen LogP contribution in [0.4, 0.5) is 37.7 Å². The normalized spacial score (nSPS) is 14.0. The number of aliphatic carboxylic acids is 2. The number of carbonyl (C=O) groups is 2. The molecule has 0 spiro atoms. The fraction of sp³-hybridized carbons (Fsp3) is 0.167. The lowest BCUT2D eigenvalue weighted by atomic mass is 9.93. The Morgan fingerprint density at radius 1 is 0.571 bits per heavy atom. The zero-order valence-corrected chi connectivity index (χ0v) is 28.1. The number of rotatable bonds is 10. The molecule has 0 saturated carbocycles. The summed E-state index contributed by atoms with van der Waals surface area (Å²) in [5.41, 5.74) is -9.57. The lowest BCUT2D eigenvalue weighted by Gasteiger charge is -2.25. The molecule has 2 aromatic heterocycles. The molecule has 4 aromatic carbocycles. The molecule has 20 heteroatoms. The second kappa shape index (κ2) is 14.8. The third-order valence-corrected chi connectivity index (χ3v) is 8.76. The predicted molar refractivity (Wildman–Crippen MR) is 183 cm³/mol. The Bertz CT molecular complexity index is 2300. The van der Waals surface area contributed by atoms with Crippen LogP contribution >= 0.6 is 0 Å². The van der Waals surface area contributed by atoms with Crippen molar-refractivity contribution < 1.29 is 66.2 Å². The van der Waals surface area contributed by atoms with Crippen molar-refractivity contribution in [2.24, 2.45) is 0 Å². The van der Waals surface area contributed by atoms with Crippen molar-refractivity contribution in [2.45, 2.75) is 36.6 Å². The number of nitro benzene ring substituents is 2. The van der Waals surface area contributed by atoms with Crippen LogP contribution in [0.5, 0.6) is 0 Å². The monoisotopic (exact) mass is 788 g/mol. The number of alkyl halides is 6. The molecule has 56 heavy (non-hydrogen) atoms. The minimum Gasteiger partial charge on any atom is -0.479 e. The highest BCUT2D eigenvalue weighted by Gasteiger charge is 2.63. The van der Waals surface area contributed by atoms with Gasteiger partial charge in [-0.15, -0.1) is 0 Å². The lowest BCUT2D eigenvalue weighted by Crippen LogP contribution is -2.49. The number of aliphatic hydroxyl groups is 2. The summed E-state index contributed by atoms with van der Waals surface area (Å²) in [5, 5.41) is 60.1. The number of halogens is 6. The van der Waals surface area contributed by atoms with Gasteiger partial charge in [-0.2, -0.15) is 26.3 Å². The van der Waals surface area contributed by atoms with E-state index in [1.165, 1.54) is 9.13 Å². The molecule has 0 aliphatic rings. The second-order valence-electron chi connectivity index (χ2n) is 12.3. The quantitative estimate of drug-likeness (QED) is 0.0643. The first-order chi connectivity index (χ1) is 26.1. The number of hydrogen-bond donors (Lipinski definition) is 4. The third kappa shape index (κ3) is 7.33. The van der Waals surface area contributed by atoms with E-state index >= 15 is 0 Å². The van der Waals surface area contributed by atoms with E-state index in [1.54, 1.807) is 60.7 Å². The highest BCUT2D eigenvalue weighted by atomic mass is 19.4. The van der Waals surface area contributed by atoms with Gasteiger partial charge in [0.25, 0.3) is 22.6 Å². The van der Waals surface area contributed by atoms with Gasteiger partial charge in [0.1, 0.15) is 0 Å². The molecule has 0 bridgehead atoms. The Labute approximate surface area is 309 Å². The molecule has 292 valence electrons. The van der Waals surface area contributed by atoms with Gasteiger partial charge >= 0.3 is 24.3 Å². The van der Waals surface area contributed by atoms with Crippen molar-refractivity contribution in [1.82, 2.24) is 9.13 Å². The molecule has 4 N–H and O–H groups in total. The van der Waals surface area contributed by atoms with Gasteiger partial charge in [-0.1, -0.05) is 60.7 Å². The first-order valence-electron chi connectivity index (χ1n) is 15.8. The average molecular weight is 789 g/mol. The molecule has 6 rings (SSSR count). The summed E-state index contributed by atoms with van der Waals surface area (Å²) in [6.07, 6.45) is -9.29. The molecule has 2 atom stereocenters. The lowest BCUT2D eigenvalue weighted by molar-refractivity contribution is -0.384. The molecule has 0 aliphatic carbocycles. The average Bonchev–Trinajstić information content (AvgIpc) is 3.68. The summed E-state index contributed by atoms with van der Waals surface area (Å²) in [6, 6.07) is 23.0. The fourth-order valence-electron chi connectivity index (χ4n) is 5.96. The van der Waals surface area contributed by atoms with Crippen molar-refractivity contribution >= 4 is 45.1 Å². The van der Waals surface area contributed by atoms with Crippen LogP contribution in [0.15, 0.2) is 109 Å². The summed E-state index contributed by atoms with van der Waals surface area (Å²) in [7, 11) is 0. The first-order valence-corrected chi connectivity index (χ1v) is 15.8. The van der Waals surface area contributed by atoms with Gasteiger partial charge in [0, 0.05) is 71.6 Å². The number of non-ortho nitro benzene ring substituents is 2. The van der Waals surface area contributed by atoms with Crippen LogP contribution in [0.2, 0.25) is 0 Å². The Morgan fingerprint density at radius 3 is 1.16 bits per heavy atom. The van der Waals surface area contributed by atoms with Gasteiger partial charge in [0.15, 0.2) is 0 Å². The smallest absolute Gasteiger partial charge is 0.432 e. The Balaban J connectivity index is 0.000000214. The Hall–Kier alpha value is -6.80. The topological polar surface area (TPSA) is 211 Å². The van der Waals surface area contributed by atoms with Crippen molar-refractivity contribution in [3.63, 3.8) is 0 Å². The summed E-state index contributed by atoms with van der Waals surface area (Å²) in [4.78, 5) is 43.4. The molecule has 2 unspecified atom stereocenters. The summed E-state index contributed by atoms with van der Waals surface area (Å²) >= 11 is 0. The van der Waals surface area contributed by atoms with Crippen LogP contribution in [0, 0.1) is 20.2 Å². The highest BCUT2D eigenvalue weighted by Crippen LogP contribution is 2.45. The molecule has 6 aromatic rings. The van der Waals surface area contributed by atoms with E-state index in [4.69, 9.17) is 10.2 Å². The number of benzene rings is 4. The van der Waals surface area contributed by atoms with Gasteiger partial charge < -0.3 is 29.6 Å². The van der Waals surface area contributed by atoms with Gasteiger partial charge in [0.2, 0.25) is 0 Å². The van der Waals surface area contributed by atoms with Gasteiger partial charge in [-0.05, 0) is 23.3 Å². The SMILES string of the molecule is O=C(O)C(O)(c1cn(Cc2ccccc2)c2cc([N+](=O)[O-])ccc12)C(F)(F)F.O=C(O)C(O)(c1cn(Cc2ccccc2)c2cc([N+](=O)[O-])ccc12)C(F)(F)F. The van der Waals surface area contributed by atoms with Gasteiger partial charge in [-0.3, -0.25) is 20.2 Å². The third-order valence-electron chi connectivity index (χ3n) is 8.76. The fourth-order valence-corrected chi connectivity index (χ4v) is 5.96. The summed E-state index contributed by atoms with van der Waals surface area (Å²) < 4.78 is 83.3. The van der Waals surface area contributed by atoms with Crippen LogP contribution in [-0.2, 0) is 33.9 Å². The molecule has 2 heterocycles. The largest absolute Gasteiger partial charge is 0.479 e. The van der Waals surface area contributed by atoms with Crippen LogP contribution in [0.25, 0.3) is 21.8 Å². The maximum atomic E-state index is 13.5. The summed E-state index contributed by atoms with van der Waals surface area (Å²) in [5.74, 6) is -4.98. The molecule has 14 nitrogen and oxygen atoms in total. The number of fused-ring (bicyclic) bond motifs is 2. The molecular formula is C36H26F6N4O10. The highest BCUT2D eigenvalue weighted by molar-refractivity contribution is 5.94. The number of aromatic nitrogens is 2. The molecular weight excluding hydrogens is 762 g/mol. The Morgan fingerprint density at radius 2 is 0.893 bits per heavy atom. The number of nitro groups is 2. The Kier molecular flexibility index (Phi) is 10.7. The molecule has 0 amide bonds. The van der Waals surface area contributed by atoms with E-state index in [1.807, 2.05) is 0 Å². The summed E-state index contributed by atoms with van der Waals surface area (Å²) in [6.45, 7) is 0.0398. The van der Waals surface area contributed by atoms with Crippen LogP contribution < -0.4 is 0 Å². The van der Waals surface area contributed by atoms with Crippen LogP contribution in [0.1, 0.15) is 22.3 Å². The minimum atomic E-state index is -5.51. The van der Waals surface area contributed by atoms with E-state index in [0.717, 1.165) is 48.8 Å². The zero-order chi connectivity index (χ0) is 41.4. The number of nitrogens with zero attached hydrogens (tertiary/aromatic N) is 4. The minimum absolute atomic E-state index is 0.00280. The van der Waals surface area contributed by atoms with E-state index in [9.17, 15) is 66.4 Å². The number of hydrogen-bond acceptors (Lipinski definition) is 8. The van der Waals surface area contributed by atoms with Gasteiger partial charge in [0.05, 0.1) is 20.9 Å². The maximum Gasteiger partial charge on any atom is 0.432 e. The molecule has 0 radical (unpaired) electrons. The van der Waals surface area contributed by atoms with Crippen molar-refractivity contribution in [1.29, 1.82) is 0 Å². The van der Waals surface area contributed by atoms with E-state index in [2.05, 4.69) is 0 Å². The second-order valence-corrected chi connectivity index (χ2v) is 12.3. The number of carboxylic acid groups (broad SMARTS) is 2. The molecule has 0 aliphatic heterocycles. The van der Waals surface area contributed by atoms with E-state index in [-0.39, 0.29) is 46.3 Å². The van der Waals surface area contributed by atoms with Crippen molar-refractivity contribution in [3.8, 4) is 0 Å². The maximum absolute atomic E-state index is 13.5. The molecule has 0 saturated heterocycles. The van der Waals surface area contributed by atoms with E-state index in [0.29, 0.717) is 11.1 Å². The van der Waals surface area contributed by atoms with Crippen LogP contribution in [-0.4, -0.2) is 63.7 Å². The van der Waals surface area contributed by atoms with Crippen molar-refractivity contribution in [2.75, 3.05) is 0 Å². The predicted octanol–water partition coefficient (Wildman–Crippen LogP) is 6.86. The van der Waals surface area contributed by atoms with E-state index < -0.39 is 56.5 Å². The molecule has 0 fully saturated rings. The van der Waals surface area contributed by atoms with Crippen LogP contribution in [0.3, 0.4) is 0 Å². The number of carboxylic acids is 2. The first kappa shape index (κ1) is 40.4. The van der Waals surface area contributed by atoms with Gasteiger partial charge in [-0.25, -0.2) is 9.59 Å².